The number of aliphatic imine (C=N–C) groups is 2. The fraction of sp³-hybridized carbons (Fsp3) is 0.550. The van der Waals surface area contributed by atoms with E-state index in [9.17, 15) is 0 Å². The van der Waals surface area contributed by atoms with Crippen molar-refractivity contribution in [3.63, 3.8) is 0 Å². The van der Waals surface area contributed by atoms with Crippen molar-refractivity contribution < 1.29 is 0 Å². The Morgan fingerprint density at radius 3 is 2.72 bits per heavy atom. The molecule has 0 radical (unpaired) electrons. The third-order valence-corrected chi connectivity index (χ3v) is 4.63. The zero-order valence-corrected chi connectivity index (χ0v) is 15.8. The number of aromatic nitrogens is 1. The largest absolute Gasteiger partial charge is 0.368 e. The highest BCUT2D eigenvalue weighted by Gasteiger charge is 2.14. The van der Waals surface area contributed by atoms with Gasteiger partial charge in [0.1, 0.15) is 5.84 Å². The Morgan fingerprint density at radius 1 is 1.36 bits per heavy atom. The van der Waals surface area contributed by atoms with E-state index in [1.807, 2.05) is 31.3 Å². The fourth-order valence-corrected chi connectivity index (χ4v) is 2.85. The van der Waals surface area contributed by atoms with Crippen LogP contribution in [0.1, 0.15) is 50.3 Å². The lowest BCUT2D eigenvalue weighted by Gasteiger charge is -2.24. The lowest BCUT2D eigenvalue weighted by molar-refractivity contribution is 0.364. The number of nitrogens with zero attached hydrogens (tertiary/aromatic N) is 4. The van der Waals surface area contributed by atoms with E-state index in [2.05, 4.69) is 40.9 Å². The summed E-state index contributed by atoms with van der Waals surface area (Å²) in [7, 11) is 2.07. The summed E-state index contributed by atoms with van der Waals surface area (Å²) in [5, 5.41) is 3.62. The van der Waals surface area contributed by atoms with Crippen molar-refractivity contribution in [2.45, 2.75) is 52.0 Å². The van der Waals surface area contributed by atoms with Gasteiger partial charge in [-0.05, 0) is 52.2 Å². The molecule has 0 aliphatic heterocycles. The predicted octanol–water partition coefficient (Wildman–Crippen LogP) is 3.66. The minimum absolute atomic E-state index is 0.498. The first-order chi connectivity index (χ1) is 12.1. The molecular formula is C20H31N5. The third kappa shape index (κ3) is 6.42. The fourth-order valence-electron chi connectivity index (χ4n) is 2.85. The molecule has 5 heteroatoms. The highest BCUT2D eigenvalue weighted by molar-refractivity contribution is 5.99. The van der Waals surface area contributed by atoms with Crippen LogP contribution >= 0.6 is 0 Å². The van der Waals surface area contributed by atoms with Crippen molar-refractivity contribution in [1.29, 1.82) is 0 Å². The maximum Gasteiger partial charge on any atom is 0.124 e. The van der Waals surface area contributed by atoms with Crippen molar-refractivity contribution in [3.05, 3.63) is 35.7 Å². The number of amidine groups is 1. The molecule has 136 valence electrons. The van der Waals surface area contributed by atoms with E-state index in [0.29, 0.717) is 12.7 Å². The minimum atomic E-state index is 0.498. The Labute approximate surface area is 152 Å². The van der Waals surface area contributed by atoms with Gasteiger partial charge in [-0.1, -0.05) is 26.2 Å². The minimum Gasteiger partial charge on any atom is -0.368 e. The number of hydrogen-bond donors (Lipinski definition) is 1. The third-order valence-electron chi connectivity index (χ3n) is 4.63. The molecule has 1 N–H and O–H groups in total. The molecular weight excluding hydrogens is 310 g/mol. The van der Waals surface area contributed by atoms with Crippen LogP contribution < -0.4 is 5.32 Å². The average molecular weight is 342 g/mol. The van der Waals surface area contributed by atoms with Crippen LogP contribution in [0.5, 0.6) is 0 Å². The van der Waals surface area contributed by atoms with Gasteiger partial charge >= 0.3 is 0 Å². The molecule has 5 nitrogen and oxygen atoms in total. The molecule has 1 aliphatic carbocycles. The van der Waals surface area contributed by atoms with E-state index in [1.165, 1.54) is 32.1 Å². The molecule has 0 aromatic carbocycles. The highest BCUT2D eigenvalue weighted by Crippen LogP contribution is 2.19. The van der Waals surface area contributed by atoms with Crippen LogP contribution in [0, 0.1) is 6.92 Å². The van der Waals surface area contributed by atoms with E-state index < -0.39 is 0 Å². The van der Waals surface area contributed by atoms with Gasteiger partial charge in [0.25, 0.3) is 0 Å². The second kappa shape index (κ2) is 10.1. The molecule has 0 unspecified atom stereocenters. The van der Waals surface area contributed by atoms with Crippen LogP contribution in [0.3, 0.4) is 0 Å². The lowest BCUT2D eigenvalue weighted by Crippen LogP contribution is -2.36. The van der Waals surface area contributed by atoms with Crippen molar-refractivity contribution in [3.8, 4) is 0 Å². The number of hydrogen-bond acceptors (Lipinski definition) is 4. The number of nitrogens with one attached hydrogen (secondary N) is 1. The Balaban J connectivity index is 2.21. The molecule has 1 saturated carbocycles. The van der Waals surface area contributed by atoms with Gasteiger partial charge in [0, 0.05) is 29.6 Å². The van der Waals surface area contributed by atoms with E-state index in [4.69, 9.17) is 4.99 Å². The maximum absolute atomic E-state index is 4.77. The molecule has 0 saturated heterocycles. The predicted molar refractivity (Wildman–Crippen MR) is 107 cm³/mol. The van der Waals surface area contributed by atoms with Crippen LogP contribution in [-0.2, 0) is 0 Å². The molecule has 1 aromatic rings. The molecule has 0 bridgehead atoms. The van der Waals surface area contributed by atoms with Crippen molar-refractivity contribution in [2.75, 3.05) is 20.3 Å². The van der Waals surface area contributed by atoms with Gasteiger partial charge in [-0.25, -0.2) is 0 Å². The first-order valence-electron chi connectivity index (χ1n) is 9.23. The smallest absolute Gasteiger partial charge is 0.124 e. The Hall–Kier alpha value is -2.01. The quantitative estimate of drug-likeness (QED) is 0.608. The summed E-state index contributed by atoms with van der Waals surface area (Å²) in [5.74, 6) is 0.884. The molecule has 1 aromatic heterocycles. The van der Waals surface area contributed by atoms with Crippen molar-refractivity contribution in [1.82, 2.24) is 15.2 Å². The summed E-state index contributed by atoms with van der Waals surface area (Å²) in [4.78, 5) is 15.5. The van der Waals surface area contributed by atoms with Crippen molar-refractivity contribution >= 4 is 18.3 Å². The molecule has 0 atom stereocenters. The molecule has 1 fully saturated rings. The van der Waals surface area contributed by atoms with Crippen LogP contribution in [0.4, 0.5) is 0 Å². The highest BCUT2D eigenvalue weighted by atomic mass is 15.2. The van der Waals surface area contributed by atoms with Crippen LogP contribution in [-0.4, -0.2) is 48.7 Å². The maximum atomic E-state index is 4.77. The number of rotatable bonds is 7. The second-order valence-electron chi connectivity index (χ2n) is 6.71. The summed E-state index contributed by atoms with van der Waals surface area (Å²) in [5.41, 5.74) is 2.75. The zero-order chi connectivity index (χ0) is 18.1. The van der Waals surface area contributed by atoms with E-state index in [-0.39, 0.29) is 0 Å². The second-order valence-corrected chi connectivity index (χ2v) is 6.71. The van der Waals surface area contributed by atoms with Gasteiger partial charge in [-0.3, -0.25) is 19.9 Å². The van der Waals surface area contributed by atoms with E-state index in [0.717, 1.165) is 29.3 Å². The van der Waals surface area contributed by atoms with Crippen LogP contribution in [0.25, 0.3) is 5.70 Å². The summed E-state index contributed by atoms with van der Waals surface area (Å²) in [6.45, 7) is 9.48. The summed E-state index contributed by atoms with van der Waals surface area (Å²) in [6, 6.07) is 4.52. The normalized spacial score (nSPS) is 17.0. The Bertz CT molecular complexity index is 597. The average Bonchev–Trinajstić information content (AvgIpc) is 2.65. The summed E-state index contributed by atoms with van der Waals surface area (Å²) in [6.07, 6.45) is 10.2. The zero-order valence-electron chi connectivity index (χ0n) is 15.8. The van der Waals surface area contributed by atoms with Gasteiger partial charge in [-0.15, -0.1) is 0 Å². The van der Waals surface area contributed by atoms with Gasteiger partial charge in [0.2, 0.25) is 0 Å². The molecule has 1 aliphatic rings. The lowest BCUT2D eigenvalue weighted by atomic mass is 9.95. The molecule has 0 spiro atoms. The van der Waals surface area contributed by atoms with Gasteiger partial charge < -0.3 is 5.32 Å². The van der Waals surface area contributed by atoms with Crippen molar-refractivity contribution in [2.24, 2.45) is 9.98 Å². The van der Waals surface area contributed by atoms with Gasteiger partial charge in [0.15, 0.2) is 0 Å². The molecule has 1 heterocycles. The van der Waals surface area contributed by atoms with Crippen LogP contribution in [0.15, 0.2) is 34.4 Å². The summed E-state index contributed by atoms with van der Waals surface area (Å²) >= 11 is 0. The molecule has 2 rings (SSSR count). The Morgan fingerprint density at radius 2 is 2.12 bits per heavy atom. The Kier molecular flexibility index (Phi) is 7.79. The first-order valence-corrected chi connectivity index (χ1v) is 9.23. The number of pyridine rings is 1. The molecule has 25 heavy (non-hydrogen) atoms. The summed E-state index contributed by atoms with van der Waals surface area (Å²) < 4.78 is 0. The van der Waals surface area contributed by atoms with E-state index in [1.54, 1.807) is 0 Å². The topological polar surface area (TPSA) is 52.9 Å². The van der Waals surface area contributed by atoms with Crippen LogP contribution in [0.2, 0.25) is 0 Å². The number of aryl methyl sites for hydroxylation is 1. The SMILES string of the molecule is C=N/C(=C\C(=N/CN(C)CC)NC1CCCCC1)c1ccc(C)nc1. The first kappa shape index (κ1) is 19.3. The standard InChI is InChI=1S/C20H31N5/c1-5-25(4)15-23-20(24-18-9-7-6-8-10-18)13-19(21-3)17-12-11-16(2)22-14-17/h11-14,18H,3,5-10,15H2,1-2,4H3,(H,23,24)/b19-13-. The van der Waals surface area contributed by atoms with Gasteiger partial charge in [-0.2, -0.15) is 0 Å². The molecule has 0 amide bonds. The van der Waals surface area contributed by atoms with Gasteiger partial charge in [0.05, 0.1) is 12.4 Å². The monoisotopic (exact) mass is 341 g/mol. The van der Waals surface area contributed by atoms with E-state index >= 15 is 0 Å².